The van der Waals surface area contributed by atoms with Gasteiger partial charge in [0.25, 0.3) is 0 Å². The van der Waals surface area contributed by atoms with Gasteiger partial charge in [-0.1, -0.05) is 103 Å². The van der Waals surface area contributed by atoms with Gasteiger partial charge >= 0.3 is 0 Å². The lowest BCUT2D eigenvalue weighted by molar-refractivity contribution is 0.0900. The van der Waals surface area contributed by atoms with Gasteiger partial charge in [0, 0.05) is 6.42 Å². The number of unbranched alkanes of at least 4 members (excludes halogenated alkanes) is 8. The fourth-order valence-electron chi connectivity index (χ4n) is 3.04. The number of rotatable bonds is 14. The highest BCUT2D eigenvalue weighted by Crippen LogP contribution is 2.37. The molecule has 0 aliphatic carbocycles. The molecular formula is C28H48O2Si. The van der Waals surface area contributed by atoms with E-state index in [-0.39, 0.29) is 11.1 Å². The first-order valence-corrected chi connectivity index (χ1v) is 15.4. The Morgan fingerprint density at radius 2 is 1.35 bits per heavy atom. The Hall–Kier alpha value is -1.08. The molecule has 0 saturated carbocycles. The lowest BCUT2D eigenvalue weighted by Gasteiger charge is -2.36. The first-order chi connectivity index (χ1) is 14.7. The summed E-state index contributed by atoms with van der Waals surface area (Å²) in [6.45, 7) is 17.0. The minimum absolute atomic E-state index is 0.0179. The van der Waals surface area contributed by atoms with Crippen LogP contribution in [0.15, 0.2) is 24.3 Å². The molecule has 1 rings (SSSR count). The molecule has 0 fully saturated rings. The summed E-state index contributed by atoms with van der Waals surface area (Å²) in [7, 11) is -1.70. The molecule has 1 atom stereocenters. The fraction of sp³-hybridized carbons (Fsp3) is 0.714. The van der Waals surface area contributed by atoms with Gasteiger partial charge in [-0.15, -0.1) is 5.92 Å². The molecule has 1 aromatic carbocycles. The van der Waals surface area contributed by atoms with Crippen molar-refractivity contribution < 1.29 is 9.16 Å². The van der Waals surface area contributed by atoms with Gasteiger partial charge in [0.15, 0.2) is 8.32 Å². The molecule has 0 amide bonds. The molecule has 1 aromatic rings. The van der Waals surface area contributed by atoms with Crippen molar-refractivity contribution in [3.63, 3.8) is 0 Å². The van der Waals surface area contributed by atoms with Crippen molar-refractivity contribution >= 4 is 8.32 Å². The second-order valence-corrected chi connectivity index (χ2v) is 15.2. The fourth-order valence-corrected chi connectivity index (χ4v) is 4.00. The van der Waals surface area contributed by atoms with Crippen molar-refractivity contribution in [2.75, 3.05) is 0 Å². The molecule has 0 spiro atoms. The summed E-state index contributed by atoms with van der Waals surface area (Å²) in [5, 5.41) is 0.242. The molecule has 0 aliphatic heterocycles. The highest BCUT2D eigenvalue weighted by molar-refractivity contribution is 6.74. The topological polar surface area (TPSA) is 18.5 Å². The third kappa shape index (κ3) is 12.5. The quantitative estimate of drug-likeness (QED) is 0.162. The maximum Gasteiger partial charge on any atom is 0.192 e. The van der Waals surface area contributed by atoms with E-state index in [1.54, 1.807) is 0 Å². The molecule has 0 aliphatic rings. The maximum absolute atomic E-state index is 6.31. The number of benzene rings is 1. The SMILES string of the molecule is CCCCCCCCCCC#C[C@@H](C)OCc1ccc(CO[Si](C)(C)C(C)(C)C)cc1. The largest absolute Gasteiger partial charge is 0.413 e. The molecule has 0 N–H and O–H groups in total. The van der Waals surface area contributed by atoms with E-state index in [0.29, 0.717) is 13.2 Å². The van der Waals surface area contributed by atoms with E-state index in [1.165, 1.54) is 62.5 Å². The van der Waals surface area contributed by atoms with Crippen molar-refractivity contribution in [2.45, 2.75) is 130 Å². The Balaban J connectivity index is 2.22. The Morgan fingerprint density at radius 1 is 0.839 bits per heavy atom. The van der Waals surface area contributed by atoms with Crippen LogP contribution in [0.3, 0.4) is 0 Å². The standard InChI is InChI=1S/C28H48O2Si/c1-8-9-10-11-12-13-14-15-16-17-18-25(2)29-23-26-19-21-27(22-20-26)24-30-31(6,7)28(3,4)5/h19-22,25H,8-16,23-24H2,1-7H3/t25-/m1/s1. The van der Waals surface area contributed by atoms with E-state index in [9.17, 15) is 0 Å². The molecule has 0 bridgehead atoms. The van der Waals surface area contributed by atoms with Crippen LogP contribution in [-0.2, 0) is 22.4 Å². The summed E-state index contributed by atoms with van der Waals surface area (Å²) in [6.07, 6.45) is 11.7. The zero-order valence-corrected chi connectivity index (χ0v) is 22.5. The van der Waals surface area contributed by atoms with Crippen LogP contribution in [0.2, 0.25) is 18.1 Å². The van der Waals surface area contributed by atoms with Gasteiger partial charge in [0.05, 0.1) is 13.2 Å². The minimum atomic E-state index is -1.70. The van der Waals surface area contributed by atoms with Crippen LogP contribution in [0, 0.1) is 11.8 Å². The Kier molecular flexibility index (Phi) is 13.4. The molecule has 0 aromatic heterocycles. The number of hydrogen-bond donors (Lipinski definition) is 0. The van der Waals surface area contributed by atoms with Gasteiger partial charge in [0.2, 0.25) is 0 Å². The molecule has 31 heavy (non-hydrogen) atoms. The smallest absolute Gasteiger partial charge is 0.192 e. The Bertz CT molecular complexity index is 646. The molecule has 3 heteroatoms. The predicted molar refractivity (Wildman–Crippen MR) is 138 cm³/mol. The van der Waals surface area contributed by atoms with Crippen LogP contribution >= 0.6 is 0 Å². The summed E-state index contributed by atoms with van der Waals surface area (Å²) in [4.78, 5) is 0. The summed E-state index contributed by atoms with van der Waals surface area (Å²) in [5.74, 6) is 6.54. The van der Waals surface area contributed by atoms with Crippen molar-refractivity contribution in [2.24, 2.45) is 0 Å². The lowest BCUT2D eigenvalue weighted by atomic mass is 10.1. The molecule has 0 unspecified atom stereocenters. The van der Waals surface area contributed by atoms with Gasteiger partial charge in [-0.2, -0.15) is 0 Å². The van der Waals surface area contributed by atoms with E-state index in [2.05, 4.69) is 76.9 Å². The van der Waals surface area contributed by atoms with Crippen LogP contribution in [-0.4, -0.2) is 14.4 Å². The van der Waals surface area contributed by atoms with Crippen molar-refractivity contribution in [3.8, 4) is 11.8 Å². The first-order valence-electron chi connectivity index (χ1n) is 12.5. The van der Waals surface area contributed by atoms with Crippen LogP contribution in [0.1, 0.15) is 104 Å². The average molecular weight is 445 g/mol. The highest BCUT2D eigenvalue weighted by atomic mass is 28.4. The van der Waals surface area contributed by atoms with Crippen LogP contribution in [0.4, 0.5) is 0 Å². The van der Waals surface area contributed by atoms with Crippen LogP contribution in [0.25, 0.3) is 0 Å². The molecular weight excluding hydrogens is 396 g/mol. The van der Waals surface area contributed by atoms with Gasteiger partial charge in [-0.05, 0) is 42.6 Å². The predicted octanol–water partition coefficient (Wildman–Crippen LogP) is 8.65. The van der Waals surface area contributed by atoms with Crippen molar-refractivity contribution in [1.82, 2.24) is 0 Å². The second-order valence-electron chi connectivity index (χ2n) is 10.4. The van der Waals surface area contributed by atoms with E-state index >= 15 is 0 Å². The highest BCUT2D eigenvalue weighted by Gasteiger charge is 2.36. The third-order valence-corrected chi connectivity index (χ3v) is 10.9. The Morgan fingerprint density at radius 3 is 1.90 bits per heavy atom. The summed E-state index contributed by atoms with van der Waals surface area (Å²) < 4.78 is 12.2. The molecule has 176 valence electrons. The van der Waals surface area contributed by atoms with Gasteiger partial charge in [-0.25, -0.2) is 0 Å². The van der Waals surface area contributed by atoms with Crippen molar-refractivity contribution in [1.29, 1.82) is 0 Å². The lowest BCUT2D eigenvalue weighted by Crippen LogP contribution is -2.40. The van der Waals surface area contributed by atoms with E-state index in [1.807, 2.05) is 6.92 Å². The van der Waals surface area contributed by atoms with Gasteiger partial charge < -0.3 is 9.16 Å². The summed E-state index contributed by atoms with van der Waals surface area (Å²) in [6, 6.07) is 8.60. The zero-order valence-electron chi connectivity index (χ0n) is 21.5. The van der Waals surface area contributed by atoms with Crippen LogP contribution < -0.4 is 0 Å². The molecule has 0 radical (unpaired) electrons. The van der Waals surface area contributed by atoms with E-state index < -0.39 is 8.32 Å². The van der Waals surface area contributed by atoms with Crippen LogP contribution in [0.5, 0.6) is 0 Å². The average Bonchev–Trinajstić information content (AvgIpc) is 2.72. The van der Waals surface area contributed by atoms with Gasteiger partial charge in [-0.3, -0.25) is 0 Å². The molecule has 0 saturated heterocycles. The third-order valence-electron chi connectivity index (χ3n) is 6.39. The Labute approximate surface area is 194 Å². The normalized spacial score (nSPS) is 13.0. The first kappa shape index (κ1) is 28.0. The van der Waals surface area contributed by atoms with E-state index in [4.69, 9.17) is 9.16 Å². The summed E-state index contributed by atoms with van der Waals surface area (Å²) >= 11 is 0. The second kappa shape index (κ2) is 14.9. The zero-order chi connectivity index (χ0) is 23.2. The number of ether oxygens (including phenoxy) is 1. The summed E-state index contributed by atoms with van der Waals surface area (Å²) in [5.41, 5.74) is 2.42. The van der Waals surface area contributed by atoms with E-state index in [0.717, 1.165) is 6.42 Å². The van der Waals surface area contributed by atoms with Gasteiger partial charge in [0.1, 0.15) is 6.10 Å². The molecule has 2 nitrogen and oxygen atoms in total. The van der Waals surface area contributed by atoms with Crippen molar-refractivity contribution in [3.05, 3.63) is 35.4 Å². The minimum Gasteiger partial charge on any atom is -0.413 e. The monoisotopic (exact) mass is 444 g/mol. The number of hydrogen-bond acceptors (Lipinski definition) is 2. The molecule has 0 heterocycles. The maximum atomic E-state index is 6.31.